The number of hydrogen-bond donors (Lipinski definition) is 1. The molecule has 1 aliphatic heterocycles. The number of phenols is 1. The van der Waals surface area contributed by atoms with Crippen molar-refractivity contribution in [2.24, 2.45) is 0 Å². The number of terminal acetylenes is 1. The van der Waals surface area contributed by atoms with E-state index >= 15 is 0 Å². The molecule has 252 valence electrons. The number of rotatable bonds is 6. The Morgan fingerprint density at radius 1 is 0.698 bits per heavy atom. The van der Waals surface area contributed by atoms with Gasteiger partial charge < -0.3 is 14.4 Å². The summed E-state index contributed by atoms with van der Waals surface area (Å²) in [5.41, 5.74) is 12.2. The van der Waals surface area contributed by atoms with Crippen LogP contribution in [0.4, 0.5) is 11.4 Å². The highest BCUT2D eigenvalue weighted by Crippen LogP contribution is 2.59. The van der Waals surface area contributed by atoms with E-state index in [4.69, 9.17) is 10.8 Å². The zero-order valence-electron chi connectivity index (χ0n) is 29.0. The third kappa shape index (κ3) is 5.07. The summed E-state index contributed by atoms with van der Waals surface area (Å²) in [4.78, 5) is 2.38. The van der Waals surface area contributed by atoms with Gasteiger partial charge in [-0.05, 0) is 65.1 Å². The van der Waals surface area contributed by atoms with Crippen LogP contribution in [0.3, 0.4) is 0 Å². The van der Waals surface area contributed by atoms with E-state index in [1.54, 1.807) is 12.1 Å². The van der Waals surface area contributed by atoms with Crippen molar-refractivity contribution in [2.45, 2.75) is 11.8 Å². The highest BCUT2D eigenvalue weighted by molar-refractivity contribution is 6.09. The molecule has 1 N–H and O–H groups in total. The van der Waals surface area contributed by atoms with Gasteiger partial charge in [0.2, 0.25) is 0 Å². The van der Waals surface area contributed by atoms with Crippen LogP contribution in [0, 0.1) is 12.3 Å². The van der Waals surface area contributed by atoms with Gasteiger partial charge in [-0.2, -0.15) is 0 Å². The lowest BCUT2D eigenvalue weighted by molar-refractivity contribution is 0.452. The van der Waals surface area contributed by atoms with E-state index in [2.05, 4.69) is 139 Å². The quantitative estimate of drug-likeness (QED) is 0.140. The Labute approximate surface area is 309 Å². The van der Waals surface area contributed by atoms with E-state index in [0.717, 1.165) is 83.5 Å². The Morgan fingerprint density at radius 2 is 1.40 bits per heavy atom. The molecule has 1 unspecified atom stereocenters. The van der Waals surface area contributed by atoms with Gasteiger partial charge in [0, 0.05) is 44.4 Å². The van der Waals surface area contributed by atoms with E-state index in [0.29, 0.717) is 6.42 Å². The van der Waals surface area contributed by atoms with Gasteiger partial charge in [-0.25, -0.2) is 0 Å². The molecule has 2 heterocycles. The van der Waals surface area contributed by atoms with Gasteiger partial charge in [0.1, 0.15) is 16.9 Å². The number of aromatic hydroxyl groups is 1. The van der Waals surface area contributed by atoms with Crippen LogP contribution in [-0.4, -0.2) is 5.11 Å². The number of allylic oxidation sites excluding steroid dienone is 9. The number of furan rings is 1. The second kappa shape index (κ2) is 12.9. The Balaban J connectivity index is 1.31. The lowest BCUT2D eigenvalue weighted by Crippen LogP contribution is -2.36. The monoisotopic (exact) mass is 681 g/mol. The molecule has 3 heteroatoms. The van der Waals surface area contributed by atoms with Crippen LogP contribution in [0.5, 0.6) is 5.75 Å². The molecule has 0 bridgehead atoms. The van der Waals surface area contributed by atoms with Gasteiger partial charge >= 0.3 is 0 Å². The zero-order chi connectivity index (χ0) is 35.9. The molecule has 0 radical (unpaired) electrons. The Morgan fingerprint density at radius 3 is 2.23 bits per heavy atom. The Kier molecular flexibility index (Phi) is 7.80. The van der Waals surface area contributed by atoms with Crippen LogP contribution in [0.2, 0.25) is 0 Å². The average molecular weight is 682 g/mol. The summed E-state index contributed by atoms with van der Waals surface area (Å²) in [6.45, 7) is 4.52. The minimum atomic E-state index is -0.785. The number of benzene rings is 6. The molecule has 0 saturated carbocycles. The first-order valence-corrected chi connectivity index (χ1v) is 17.8. The lowest BCUT2D eigenvalue weighted by atomic mass is 9.70. The van der Waals surface area contributed by atoms with Gasteiger partial charge in [-0.3, -0.25) is 0 Å². The molecule has 53 heavy (non-hydrogen) atoms. The summed E-state index contributed by atoms with van der Waals surface area (Å²) in [6.07, 6.45) is 18.1. The summed E-state index contributed by atoms with van der Waals surface area (Å²) >= 11 is 0. The van der Waals surface area contributed by atoms with Crippen molar-refractivity contribution in [2.75, 3.05) is 4.90 Å². The lowest BCUT2D eigenvalue weighted by Gasteiger charge is -2.41. The van der Waals surface area contributed by atoms with Crippen molar-refractivity contribution in [3.05, 3.63) is 211 Å². The van der Waals surface area contributed by atoms with E-state index in [1.807, 2.05) is 42.5 Å². The predicted molar refractivity (Wildman–Crippen MR) is 220 cm³/mol. The van der Waals surface area contributed by atoms with Gasteiger partial charge in [-0.15, -0.1) is 6.42 Å². The Bertz CT molecular complexity index is 2750. The molecule has 6 aromatic carbocycles. The molecule has 0 amide bonds. The molecule has 7 aromatic rings. The van der Waals surface area contributed by atoms with Crippen molar-refractivity contribution < 1.29 is 9.52 Å². The van der Waals surface area contributed by atoms with Crippen molar-refractivity contribution in [1.82, 2.24) is 0 Å². The van der Waals surface area contributed by atoms with Gasteiger partial charge in [0.15, 0.2) is 0 Å². The maximum Gasteiger partial charge on any atom is 0.143 e. The van der Waals surface area contributed by atoms with Crippen LogP contribution >= 0.6 is 0 Å². The minimum Gasteiger partial charge on any atom is -0.508 e. The minimum absolute atomic E-state index is 0.238. The molecule has 2 aliphatic rings. The Hall–Kier alpha value is -7.02. The predicted octanol–water partition coefficient (Wildman–Crippen LogP) is 12.5. The van der Waals surface area contributed by atoms with E-state index in [1.165, 1.54) is 0 Å². The molecular formula is C50H35NO2. The fraction of sp³-hybridized carbons (Fsp3) is 0.0400. The van der Waals surface area contributed by atoms with Gasteiger partial charge in [0.25, 0.3) is 0 Å². The van der Waals surface area contributed by atoms with Crippen LogP contribution in [0.25, 0.3) is 44.2 Å². The van der Waals surface area contributed by atoms with Gasteiger partial charge in [0.05, 0.1) is 11.1 Å². The highest BCUT2D eigenvalue weighted by atomic mass is 16.3. The molecule has 0 spiro atoms. The van der Waals surface area contributed by atoms with Crippen LogP contribution in [0.15, 0.2) is 193 Å². The first-order valence-electron chi connectivity index (χ1n) is 17.8. The fourth-order valence-electron chi connectivity index (χ4n) is 8.28. The van der Waals surface area contributed by atoms with Crippen LogP contribution in [0.1, 0.15) is 28.7 Å². The normalized spacial score (nSPS) is 17.2. The third-order valence-electron chi connectivity index (χ3n) is 10.6. The van der Waals surface area contributed by atoms with Crippen molar-refractivity contribution in [3.63, 3.8) is 0 Å². The number of fused-ring (bicyclic) bond motifs is 6. The van der Waals surface area contributed by atoms with Crippen molar-refractivity contribution >= 4 is 44.5 Å². The van der Waals surface area contributed by atoms with Crippen LogP contribution in [-0.2, 0) is 5.41 Å². The maximum absolute atomic E-state index is 11.8. The molecule has 3 nitrogen and oxygen atoms in total. The molecular weight excluding hydrogens is 647 g/mol. The van der Waals surface area contributed by atoms with E-state index in [-0.39, 0.29) is 5.75 Å². The standard InChI is InChI=1S/C50H35NO2/c1-3-4-5-6-15-33-50(44-23-11-13-25-46(44)52)43-22-10-7-18-39(43)42-32-27-34(2)37-17-8-12-24-45(37)51(49(42)50)36-30-28-35(29-31-36)38-20-16-21-41-40-19-9-14-26-47(40)53-48(38)41/h1,4-32,52H,2,33H2/b5-4-,15-6-,32-27-. The average Bonchev–Trinajstić information content (AvgIpc) is 3.71. The number of para-hydroxylation sites is 4. The summed E-state index contributed by atoms with van der Waals surface area (Å²) in [6, 6.07) is 48.0. The summed E-state index contributed by atoms with van der Waals surface area (Å²) in [5, 5.41) is 14.0. The molecule has 1 aromatic heterocycles. The SMILES string of the molecule is C#C/C=C\C=C/CC1(c2ccccc2O)C2=C(/C=C\C(=C)c3ccccc3N2c2ccc(-c3cccc4c3oc3ccccc34)cc2)c2ccccc21. The largest absolute Gasteiger partial charge is 0.508 e. The van der Waals surface area contributed by atoms with E-state index < -0.39 is 5.41 Å². The first-order chi connectivity index (χ1) is 26.1. The number of nitrogens with zero attached hydrogens (tertiary/aromatic N) is 1. The summed E-state index contributed by atoms with van der Waals surface area (Å²) in [5.74, 6) is 2.82. The number of phenolic OH excluding ortho intramolecular Hbond substituents is 1. The molecule has 9 rings (SSSR count). The molecule has 0 saturated heterocycles. The summed E-state index contributed by atoms with van der Waals surface area (Å²) < 4.78 is 6.43. The van der Waals surface area contributed by atoms with Crippen molar-refractivity contribution in [3.8, 4) is 29.2 Å². The highest BCUT2D eigenvalue weighted by Gasteiger charge is 2.50. The van der Waals surface area contributed by atoms with Crippen molar-refractivity contribution in [1.29, 1.82) is 0 Å². The number of anilines is 2. The zero-order valence-corrected chi connectivity index (χ0v) is 29.0. The molecule has 1 atom stereocenters. The first kappa shape index (κ1) is 31.9. The summed E-state index contributed by atoms with van der Waals surface area (Å²) in [7, 11) is 0. The van der Waals surface area contributed by atoms with Gasteiger partial charge in [-0.1, -0.05) is 152 Å². The van der Waals surface area contributed by atoms with Crippen LogP contribution < -0.4 is 4.90 Å². The topological polar surface area (TPSA) is 36.6 Å². The maximum atomic E-state index is 11.8. The van der Waals surface area contributed by atoms with E-state index in [9.17, 15) is 5.11 Å². The molecule has 0 fully saturated rings. The third-order valence-corrected chi connectivity index (χ3v) is 10.6. The smallest absolute Gasteiger partial charge is 0.143 e. The number of hydrogen-bond acceptors (Lipinski definition) is 3. The fourth-order valence-corrected chi connectivity index (χ4v) is 8.28. The second-order valence-corrected chi connectivity index (χ2v) is 13.4. The second-order valence-electron chi connectivity index (χ2n) is 13.4. The molecule has 1 aliphatic carbocycles.